The molecule has 0 unspecified atom stereocenters. The van der Waals surface area contributed by atoms with E-state index in [0.29, 0.717) is 5.69 Å². The third kappa shape index (κ3) is 1.97. The fraction of sp³-hybridized carbons (Fsp3) is 0. The Balaban J connectivity index is 2.09. The van der Waals surface area contributed by atoms with Crippen molar-refractivity contribution in [1.29, 1.82) is 0 Å². The average molecular weight is 254 g/mol. The molecule has 0 saturated carbocycles. The zero-order valence-corrected chi connectivity index (χ0v) is 9.79. The van der Waals surface area contributed by atoms with Gasteiger partial charge < -0.3 is 10.7 Å². The SMILES string of the molecule is NC(=O)c1n[nH]nc1-c1cccc(-c2cnc[nH]2)c1. The van der Waals surface area contributed by atoms with Crippen molar-refractivity contribution in [2.75, 3.05) is 0 Å². The quantitative estimate of drug-likeness (QED) is 0.645. The summed E-state index contributed by atoms with van der Waals surface area (Å²) in [5.41, 5.74) is 8.39. The molecule has 1 aromatic carbocycles. The highest BCUT2D eigenvalue weighted by atomic mass is 16.1. The molecule has 0 aliphatic rings. The van der Waals surface area contributed by atoms with Gasteiger partial charge in [0.1, 0.15) is 5.69 Å². The number of rotatable bonds is 3. The Kier molecular flexibility index (Phi) is 2.57. The fourth-order valence-electron chi connectivity index (χ4n) is 1.85. The number of carbonyl (C=O) groups excluding carboxylic acids is 1. The summed E-state index contributed by atoms with van der Waals surface area (Å²) >= 11 is 0. The van der Waals surface area contributed by atoms with E-state index in [4.69, 9.17) is 5.73 Å². The van der Waals surface area contributed by atoms with Gasteiger partial charge in [-0.15, -0.1) is 0 Å². The van der Waals surface area contributed by atoms with E-state index in [-0.39, 0.29) is 5.69 Å². The summed E-state index contributed by atoms with van der Waals surface area (Å²) in [5, 5.41) is 10.1. The molecule has 0 saturated heterocycles. The van der Waals surface area contributed by atoms with Crippen molar-refractivity contribution in [2.45, 2.75) is 0 Å². The molecule has 0 atom stereocenters. The first-order valence-electron chi connectivity index (χ1n) is 5.55. The van der Waals surface area contributed by atoms with E-state index in [1.54, 1.807) is 12.5 Å². The molecule has 7 nitrogen and oxygen atoms in total. The van der Waals surface area contributed by atoms with Crippen LogP contribution in [0.3, 0.4) is 0 Å². The van der Waals surface area contributed by atoms with Gasteiger partial charge in [-0.1, -0.05) is 18.2 Å². The predicted octanol–water partition coefficient (Wildman–Crippen LogP) is 0.961. The lowest BCUT2D eigenvalue weighted by Gasteiger charge is -2.02. The average Bonchev–Trinajstić information content (AvgIpc) is 3.10. The molecule has 0 fully saturated rings. The highest BCUT2D eigenvalue weighted by Gasteiger charge is 2.15. The monoisotopic (exact) mass is 254 g/mol. The molecule has 2 heterocycles. The number of aromatic amines is 2. The van der Waals surface area contributed by atoms with Crippen molar-refractivity contribution >= 4 is 5.91 Å². The maximum atomic E-state index is 11.3. The molecular weight excluding hydrogens is 244 g/mol. The van der Waals surface area contributed by atoms with Gasteiger partial charge in [-0.2, -0.15) is 15.4 Å². The van der Waals surface area contributed by atoms with Crippen LogP contribution in [0, 0.1) is 0 Å². The van der Waals surface area contributed by atoms with E-state index in [1.165, 1.54) is 0 Å². The van der Waals surface area contributed by atoms with E-state index in [1.807, 2.05) is 24.3 Å². The number of nitrogens with one attached hydrogen (secondary N) is 2. The lowest BCUT2D eigenvalue weighted by molar-refractivity contribution is 0.0996. The van der Waals surface area contributed by atoms with Gasteiger partial charge in [0.15, 0.2) is 5.69 Å². The van der Waals surface area contributed by atoms with E-state index < -0.39 is 5.91 Å². The number of aromatic nitrogens is 5. The largest absolute Gasteiger partial charge is 0.364 e. The second-order valence-corrected chi connectivity index (χ2v) is 3.93. The van der Waals surface area contributed by atoms with E-state index in [9.17, 15) is 4.79 Å². The molecule has 1 amide bonds. The number of imidazole rings is 1. The molecule has 7 heteroatoms. The Hall–Kier alpha value is -2.96. The summed E-state index contributed by atoms with van der Waals surface area (Å²) in [6.45, 7) is 0. The number of primary amides is 1. The van der Waals surface area contributed by atoms with Crippen LogP contribution in [0.5, 0.6) is 0 Å². The van der Waals surface area contributed by atoms with Crippen molar-refractivity contribution in [3.8, 4) is 22.5 Å². The molecule has 0 aliphatic heterocycles. The molecule has 0 bridgehead atoms. The van der Waals surface area contributed by atoms with Crippen LogP contribution in [0.15, 0.2) is 36.8 Å². The Morgan fingerprint density at radius 3 is 2.79 bits per heavy atom. The topological polar surface area (TPSA) is 113 Å². The van der Waals surface area contributed by atoms with Gasteiger partial charge in [-0.05, 0) is 6.07 Å². The maximum Gasteiger partial charge on any atom is 0.271 e. The third-order valence-electron chi connectivity index (χ3n) is 2.73. The van der Waals surface area contributed by atoms with Crippen LogP contribution in [-0.2, 0) is 0 Å². The number of nitrogens with zero attached hydrogens (tertiary/aromatic N) is 3. The summed E-state index contributed by atoms with van der Waals surface area (Å²) in [5.74, 6) is -0.615. The first-order chi connectivity index (χ1) is 9.25. The van der Waals surface area contributed by atoms with E-state index in [2.05, 4.69) is 25.4 Å². The van der Waals surface area contributed by atoms with Gasteiger partial charge in [-0.25, -0.2) is 4.98 Å². The Morgan fingerprint density at radius 1 is 1.21 bits per heavy atom. The van der Waals surface area contributed by atoms with Crippen LogP contribution < -0.4 is 5.73 Å². The van der Waals surface area contributed by atoms with Crippen LogP contribution in [0.1, 0.15) is 10.5 Å². The lowest BCUT2D eigenvalue weighted by atomic mass is 10.0. The Bertz CT molecular complexity index is 715. The number of hydrogen-bond donors (Lipinski definition) is 3. The second kappa shape index (κ2) is 4.37. The maximum absolute atomic E-state index is 11.3. The van der Waals surface area contributed by atoms with Crippen molar-refractivity contribution in [3.05, 3.63) is 42.5 Å². The smallest absolute Gasteiger partial charge is 0.271 e. The van der Waals surface area contributed by atoms with Gasteiger partial charge in [0.05, 0.1) is 18.2 Å². The standard InChI is InChI=1S/C12H10N6O/c13-12(19)11-10(16-18-17-11)8-3-1-2-7(4-8)9-5-14-6-15-9/h1-6H,(H2,13,19)(H,14,15)(H,16,17,18). The van der Waals surface area contributed by atoms with Crippen molar-refractivity contribution in [3.63, 3.8) is 0 Å². The molecule has 4 N–H and O–H groups in total. The molecule has 94 valence electrons. The van der Waals surface area contributed by atoms with Gasteiger partial charge in [0.25, 0.3) is 5.91 Å². The third-order valence-corrected chi connectivity index (χ3v) is 2.73. The molecule has 0 spiro atoms. The second-order valence-electron chi connectivity index (χ2n) is 3.93. The molecule has 0 radical (unpaired) electrons. The zero-order valence-electron chi connectivity index (χ0n) is 9.79. The first kappa shape index (κ1) is 11.1. The van der Waals surface area contributed by atoms with Crippen molar-refractivity contribution in [2.24, 2.45) is 5.73 Å². The minimum atomic E-state index is -0.615. The van der Waals surface area contributed by atoms with Gasteiger partial charge >= 0.3 is 0 Å². The molecule has 19 heavy (non-hydrogen) atoms. The van der Waals surface area contributed by atoms with Gasteiger partial charge in [0, 0.05) is 11.1 Å². The van der Waals surface area contributed by atoms with Gasteiger partial charge in [0.2, 0.25) is 0 Å². The molecule has 0 aliphatic carbocycles. The minimum absolute atomic E-state index is 0.127. The Morgan fingerprint density at radius 2 is 2.05 bits per heavy atom. The summed E-state index contributed by atoms with van der Waals surface area (Å²) in [4.78, 5) is 18.2. The van der Waals surface area contributed by atoms with Crippen LogP contribution >= 0.6 is 0 Å². The number of benzene rings is 1. The molecule has 3 rings (SSSR count). The fourth-order valence-corrected chi connectivity index (χ4v) is 1.85. The normalized spacial score (nSPS) is 10.5. The molecule has 2 aromatic heterocycles. The predicted molar refractivity (Wildman–Crippen MR) is 67.9 cm³/mol. The minimum Gasteiger partial charge on any atom is -0.364 e. The highest BCUT2D eigenvalue weighted by molar-refractivity contribution is 5.96. The summed E-state index contributed by atoms with van der Waals surface area (Å²) < 4.78 is 0. The summed E-state index contributed by atoms with van der Waals surface area (Å²) in [6, 6.07) is 7.52. The zero-order chi connectivity index (χ0) is 13.2. The van der Waals surface area contributed by atoms with Crippen LogP contribution in [-0.4, -0.2) is 31.3 Å². The number of H-pyrrole nitrogens is 2. The van der Waals surface area contributed by atoms with Crippen molar-refractivity contribution in [1.82, 2.24) is 25.4 Å². The molecule has 3 aromatic rings. The summed E-state index contributed by atoms with van der Waals surface area (Å²) in [6.07, 6.45) is 3.32. The number of nitrogens with two attached hydrogens (primary N) is 1. The van der Waals surface area contributed by atoms with Gasteiger partial charge in [-0.3, -0.25) is 4.79 Å². The van der Waals surface area contributed by atoms with Crippen LogP contribution in [0.2, 0.25) is 0 Å². The van der Waals surface area contributed by atoms with Crippen molar-refractivity contribution < 1.29 is 4.79 Å². The Labute approximate surface area is 107 Å². The lowest BCUT2D eigenvalue weighted by Crippen LogP contribution is -2.12. The molecular formula is C12H10N6O. The number of amides is 1. The first-order valence-corrected chi connectivity index (χ1v) is 5.55. The number of carbonyl (C=O) groups is 1. The van der Waals surface area contributed by atoms with E-state index in [0.717, 1.165) is 16.8 Å². The van der Waals surface area contributed by atoms with Crippen LogP contribution in [0.25, 0.3) is 22.5 Å². The van der Waals surface area contributed by atoms with Crippen LogP contribution in [0.4, 0.5) is 0 Å². The summed E-state index contributed by atoms with van der Waals surface area (Å²) in [7, 11) is 0. The highest BCUT2D eigenvalue weighted by Crippen LogP contribution is 2.24. The number of hydrogen-bond acceptors (Lipinski definition) is 4. The van der Waals surface area contributed by atoms with E-state index >= 15 is 0 Å².